The second-order valence-corrected chi connectivity index (χ2v) is 8.79. The number of aromatic nitrogens is 1. The Morgan fingerprint density at radius 3 is 2.73 bits per heavy atom. The number of rotatable bonds is 3. The van der Waals surface area contributed by atoms with Crippen LogP contribution in [0.3, 0.4) is 0 Å². The van der Waals surface area contributed by atoms with Crippen molar-refractivity contribution in [3.8, 4) is 0 Å². The van der Waals surface area contributed by atoms with Crippen molar-refractivity contribution in [3.05, 3.63) is 24.5 Å². The van der Waals surface area contributed by atoms with E-state index < -0.39 is 15.4 Å². The Balaban J connectivity index is 1.95. The molecule has 2 heterocycles. The standard InChI is InChI=1S/C15H20N2O4S/c1-14(2)9-15(13(18)21-3)10-17(8-12(14)15)22(19,20)11-5-4-6-16-7-11/h4-7,12H,8-10H2,1-3H3/t12-,15+/m1/s1. The molecular formula is C15H20N2O4S. The van der Waals surface area contributed by atoms with Crippen molar-refractivity contribution in [1.29, 1.82) is 0 Å². The van der Waals surface area contributed by atoms with Gasteiger partial charge in [-0.15, -0.1) is 0 Å². The Kier molecular flexibility index (Phi) is 3.34. The smallest absolute Gasteiger partial charge is 0.313 e. The number of carbonyl (C=O) groups excluding carboxylic acids is 1. The number of carbonyl (C=O) groups is 1. The van der Waals surface area contributed by atoms with Crippen LogP contribution >= 0.6 is 0 Å². The molecule has 0 amide bonds. The van der Waals surface area contributed by atoms with Crippen LogP contribution in [0.2, 0.25) is 0 Å². The fourth-order valence-electron chi connectivity index (χ4n) is 4.16. The first-order chi connectivity index (χ1) is 10.2. The molecule has 2 atom stereocenters. The van der Waals surface area contributed by atoms with Gasteiger partial charge in [-0.1, -0.05) is 13.8 Å². The number of nitrogens with zero attached hydrogens (tertiary/aromatic N) is 2. The van der Waals surface area contributed by atoms with Crippen molar-refractivity contribution in [2.75, 3.05) is 20.2 Å². The summed E-state index contributed by atoms with van der Waals surface area (Å²) in [6.07, 6.45) is 3.52. The molecule has 1 aliphatic carbocycles. The lowest BCUT2D eigenvalue weighted by atomic mass is 9.48. The van der Waals surface area contributed by atoms with E-state index in [4.69, 9.17) is 4.74 Å². The first-order valence-electron chi connectivity index (χ1n) is 7.23. The summed E-state index contributed by atoms with van der Waals surface area (Å²) < 4.78 is 31.9. The number of hydrogen-bond acceptors (Lipinski definition) is 5. The molecule has 0 spiro atoms. The van der Waals surface area contributed by atoms with Crippen molar-refractivity contribution >= 4 is 16.0 Å². The molecule has 6 nitrogen and oxygen atoms in total. The van der Waals surface area contributed by atoms with Gasteiger partial charge in [-0.05, 0) is 29.9 Å². The number of ether oxygens (including phenoxy) is 1. The summed E-state index contributed by atoms with van der Waals surface area (Å²) >= 11 is 0. The van der Waals surface area contributed by atoms with Gasteiger partial charge in [0.25, 0.3) is 0 Å². The van der Waals surface area contributed by atoms with Crippen molar-refractivity contribution in [1.82, 2.24) is 9.29 Å². The number of sulfonamides is 1. The molecule has 1 aromatic heterocycles. The molecule has 0 N–H and O–H groups in total. The molecule has 7 heteroatoms. The summed E-state index contributed by atoms with van der Waals surface area (Å²) in [5.41, 5.74) is -0.763. The van der Waals surface area contributed by atoms with Crippen molar-refractivity contribution in [2.45, 2.75) is 25.2 Å². The minimum atomic E-state index is -3.63. The average molecular weight is 324 g/mol. The molecule has 0 aromatic carbocycles. The van der Waals surface area contributed by atoms with Crippen molar-refractivity contribution < 1.29 is 17.9 Å². The summed E-state index contributed by atoms with van der Waals surface area (Å²) in [6, 6.07) is 3.12. The van der Waals surface area contributed by atoms with E-state index in [1.807, 2.05) is 0 Å². The third kappa shape index (κ3) is 1.99. The predicted octanol–water partition coefficient (Wildman–Crippen LogP) is 1.29. The van der Waals surface area contributed by atoms with E-state index in [0.717, 1.165) is 0 Å². The highest BCUT2D eigenvalue weighted by atomic mass is 32.2. The van der Waals surface area contributed by atoms with Gasteiger partial charge in [0.2, 0.25) is 10.0 Å². The fourth-order valence-corrected chi connectivity index (χ4v) is 5.65. The zero-order valence-electron chi connectivity index (χ0n) is 12.9. The van der Waals surface area contributed by atoms with Gasteiger partial charge >= 0.3 is 5.97 Å². The molecule has 1 aromatic rings. The molecular weight excluding hydrogens is 304 g/mol. The summed E-state index contributed by atoms with van der Waals surface area (Å²) in [4.78, 5) is 16.3. The Hall–Kier alpha value is -1.47. The topological polar surface area (TPSA) is 76.6 Å². The largest absolute Gasteiger partial charge is 0.469 e. The lowest BCUT2D eigenvalue weighted by molar-refractivity contribution is -0.174. The third-order valence-corrected chi connectivity index (χ3v) is 6.89. The first kappa shape index (κ1) is 15.4. The molecule has 1 saturated heterocycles. The van der Waals surface area contributed by atoms with E-state index >= 15 is 0 Å². The second kappa shape index (κ2) is 4.76. The quantitative estimate of drug-likeness (QED) is 0.783. The monoisotopic (exact) mass is 324 g/mol. The zero-order chi connectivity index (χ0) is 16.2. The van der Waals surface area contributed by atoms with E-state index in [2.05, 4.69) is 18.8 Å². The minimum absolute atomic E-state index is 0.0149. The molecule has 120 valence electrons. The van der Waals surface area contributed by atoms with E-state index in [1.54, 1.807) is 6.07 Å². The molecule has 3 rings (SSSR count). The number of methoxy groups -OCH3 is 1. The van der Waals surface area contributed by atoms with Crippen LogP contribution < -0.4 is 0 Å². The number of pyridine rings is 1. The average Bonchev–Trinajstić information content (AvgIpc) is 2.84. The normalized spacial score (nSPS) is 30.4. The van der Waals surface area contributed by atoms with Gasteiger partial charge in [-0.3, -0.25) is 9.78 Å². The maximum Gasteiger partial charge on any atom is 0.313 e. The number of hydrogen-bond donors (Lipinski definition) is 0. The SMILES string of the molecule is COC(=O)[C@@]12CN(S(=O)(=O)c3cccnc3)C[C@@H]1C(C)(C)C2. The lowest BCUT2D eigenvalue weighted by Crippen LogP contribution is -2.57. The van der Waals surface area contributed by atoms with E-state index in [0.29, 0.717) is 13.0 Å². The van der Waals surface area contributed by atoms with Crippen LogP contribution in [0.15, 0.2) is 29.4 Å². The molecule has 22 heavy (non-hydrogen) atoms. The van der Waals surface area contributed by atoms with Gasteiger partial charge in [0.15, 0.2) is 0 Å². The maximum absolute atomic E-state index is 12.8. The Labute approximate surface area is 130 Å². The van der Waals surface area contributed by atoms with Crippen LogP contribution in [0, 0.1) is 16.7 Å². The first-order valence-corrected chi connectivity index (χ1v) is 8.67. The van der Waals surface area contributed by atoms with Crippen LogP contribution in [-0.2, 0) is 19.6 Å². The maximum atomic E-state index is 12.8. The van der Waals surface area contributed by atoms with Crippen LogP contribution in [0.5, 0.6) is 0 Å². The van der Waals surface area contributed by atoms with E-state index in [1.165, 1.54) is 29.9 Å². The number of esters is 1. The highest BCUT2D eigenvalue weighted by molar-refractivity contribution is 7.89. The predicted molar refractivity (Wildman–Crippen MR) is 79.3 cm³/mol. The highest BCUT2D eigenvalue weighted by Gasteiger charge is 2.68. The summed E-state index contributed by atoms with van der Waals surface area (Å²) in [6.45, 7) is 4.67. The second-order valence-electron chi connectivity index (χ2n) is 6.85. The van der Waals surface area contributed by atoms with Crippen molar-refractivity contribution in [2.24, 2.45) is 16.7 Å². The molecule has 2 fully saturated rings. The molecule has 0 radical (unpaired) electrons. The van der Waals surface area contributed by atoms with Gasteiger partial charge in [0.1, 0.15) is 4.90 Å². The van der Waals surface area contributed by atoms with Crippen LogP contribution in [0.1, 0.15) is 20.3 Å². The molecule has 2 aliphatic rings. The molecule has 0 unspecified atom stereocenters. The third-order valence-electron chi connectivity index (χ3n) is 5.09. The molecule has 0 bridgehead atoms. The highest BCUT2D eigenvalue weighted by Crippen LogP contribution is 2.63. The van der Waals surface area contributed by atoms with Gasteiger partial charge in [0, 0.05) is 25.5 Å². The Morgan fingerprint density at radius 1 is 1.45 bits per heavy atom. The Bertz CT molecular complexity index is 702. The summed E-state index contributed by atoms with van der Waals surface area (Å²) in [5.74, 6) is -0.320. The summed E-state index contributed by atoms with van der Waals surface area (Å²) in [7, 11) is -2.27. The van der Waals surface area contributed by atoms with Gasteiger partial charge < -0.3 is 4.74 Å². The van der Waals surface area contributed by atoms with Crippen LogP contribution in [-0.4, -0.2) is 43.9 Å². The number of fused-ring (bicyclic) bond motifs is 1. The van der Waals surface area contributed by atoms with Crippen LogP contribution in [0.25, 0.3) is 0 Å². The molecule has 1 aliphatic heterocycles. The van der Waals surface area contributed by atoms with Gasteiger partial charge in [-0.2, -0.15) is 4.31 Å². The molecule has 1 saturated carbocycles. The zero-order valence-corrected chi connectivity index (χ0v) is 13.8. The van der Waals surface area contributed by atoms with Crippen molar-refractivity contribution in [3.63, 3.8) is 0 Å². The van der Waals surface area contributed by atoms with Gasteiger partial charge in [-0.25, -0.2) is 8.42 Å². The Morgan fingerprint density at radius 2 is 2.18 bits per heavy atom. The van der Waals surface area contributed by atoms with E-state index in [-0.39, 0.29) is 28.7 Å². The fraction of sp³-hybridized carbons (Fsp3) is 0.600. The lowest BCUT2D eigenvalue weighted by Gasteiger charge is -2.54. The van der Waals surface area contributed by atoms with Gasteiger partial charge in [0.05, 0.1) is 12.5 Å². The van der Waals surface area contributed by atoms with Crippen LogP contribution in [0.4, 0.5) is 0 Å². The summed E-state index contributed by atoms with van der Waals surface area (Å²) in [5, 5.41) is 0. The minimum Gasteiger partial charge on any atom is -0.469 e. The van der Waals surface area contributed by atoms with E-state index in [9.17, 15) is 13.2 Å².